The van der Waals surface area contributed by atoms with Crippen molar-refractivity contribution in [3.05, 3.63) is 59.1 Å². The van der Waals surface area contributed by atoms with Gasteiger partial charge < -0.3 is 25.7 Å². The van der Waals surface area contributed by atoms with E-state index in [2.05, 4.69) is 15.5 Å². The second-order valence-corrected chi connectivity index (χ2v) is 12.4. The number of carboxylic acids is 1. The summed E-state index contributed by atoms with van der Waals surface area (Å²) in [6.45, 7) is 4.81. The molecule has 2 amide bonds. The van der Waals surface area contributed by atoms with Gasteiger partial charge in [0.1, 0.15) is 47.3 Å². The zero-order valence-electron chi connectivity index (χ0n) is 22.8. The van der Waals surface area contributed by atoms with Crippen LogP contribution in [-0.2, 0) is 35.3 Å². The highest BCUT2D eigenvalue weighted by atomic mass is 32.2. The minimum absolute atomic E-state index is 0.0874. The van der Waals surface area contributed by atoms with Crippen molar-refractivity contribution in [2.24, 2.45) is 5.16 Å². The van der Waals surface area contributed by atoms with E-state index in [1.807, 2.05) is 45.8 Å². The number of β-lactam (4-membered cyclic amide) rings is 1. The van der Waals surface area contributed by atoms with E-state index in [-0.39, 0.29) is 28.8 Å². The number of rotatable bonds is 9. The van der Waals surface area contributed by atoms with Gasteiger partial charge in [0, 0.05) is 22.8 Å². The first-order valence-corrected chi connectivity index (χ1v) is 14.6. The van der Waals surface area contributed by atoms with Gasteiger partial charge in [-0.1, -0.05) is 11.2 Å². The van der Waals surface area contributed by atoms with Crippen LogP contribution in [0.25, 0.3) is 5.65 Å². The third-order valence-corrected chi connectivity index (χ3v) is 8.22. The van der Waals surface area contributed by atoms with Crippen molar-refractivity contribution in [2.45, 2.75) is 44.3 Å². The second-order valence-electron chi connectivity index (χ2n) is 10.4. The van der Waals surface area contributed by atoms with Gasteiger partial charge in [-0.15, -0.1) is 23.1 Å². The number of esters is 1. The maximum atomic E-state index is 13.3. The molecule has 0 bridgehead atoms. The number of nitrogens with zero attached hydrogens (tertiary/aromatic N) is 5. The first kappa shape index (κ1) is 29.1. The van der Waals surface area contributed by atoms with Gasteiger partial charge in [0.25, 0.3) is 17.5 Å². The highest BCUT2D eigenvalue weighted by molar-refractivity contribution is 8.00. The molecule has 0 unspecified atom stereocenters. The molecule has 2 atom stereocenters. The predicted octanol–water partition coefficient (Wildman–Crippen LogP) is 0.767. The SMILES string of the molecule is CC(C)(C)OC(=O)CO/N=C(\C(=O)N[C@@H]1C(=O)N2C(C(=O)O)=C(C[n+]3ccn4ccccc43)CS[C@@H]12)c1csc(N)n1. The van der Waals surface area contributed by atoms with Crippen LogP contribution in [0.1, 0.15) is 26.5 Å². The molecule has 16 heteroatoms. The topological polar surface area (TPSA) is 182 Å². The van der Waals surface area contributed by atoms with Crippen LogP contribution in [0.4, 0.5) is 5.13 Å². The molecule has 42 heavy (non-hydrogen) atoms. The molecule has 5 heterocycles. The summed E-state index contributed by atoms with van der Waals surface area (Å²) in [4.78, 5) is 61.2. The van der Waals surface area contributed by atoms with Gasteiger partial charge in [-0.2, -0.15) is 0 Å². The van der Waals surface area contributed by atoms with Crippen LogP contribution >= 0.6 is 23.1 Å². The molecule has 0 aromatic carbocycles. The first-order chi connectivity index (χ1) is 19.9. The van der Waals surface area contributed by atoms with E-state index >= 15 is 0 Å². The number of carboxylic acid groups (broad SMARTS) is 1. The zero-order valence-corrected chi connectivity index (χ0v) is 24.5. The number of imidazole rings is 1. The van der Waals surface area contributed by atoms with E-state index in [9.17, 15) is 24.3 Å². The Bertz CT molecular complexity index is 1640. The lowest BCUT2D eigenvalue weighted by atomic mass is 10.0. The van der Waals surface area contributed by atoms with Crippen molar-refractivity contribution >= 4 is 63.3 Å². The molecule has 220 valence electrons. The van der Waals surface area contributed by atoms with Crippen molar-refractivity contribution < 1.29 is 38.4 Å². The van der Waals surface area contributed by atoms with E-state index in [4.69, 9.17) is 15.3 Å². The Morgan fingerprint density at radius 3 is 2.76 bits per heavy atom. The normalized spacial score (nSPS) is 18.9. The van der Waals surface area contributed by atoms with Gasteiger partial charge in [0.15, 0.2) is 10.8 Å². The molecule has 3 aromatic heterocycles. The minimum Gasteiger partial charge on any atom is -0.477 e. The van der Waals surface area contributed by atoms with Gasteiger partial charge >= 0.3 is 11.9 Å². The number of pyridine rings is 1. The summed E-state index contributed by atoms with van der Waals surface area (Å²) in [5.74, 6) is -2.96. The van der Waals surface area contributed by atoms with Gasteiger partial charge in [0.05, 0.1) is 6.20 Å². The molecule has 0 spiro atoms. The number of fused-ring (bicyclic) bond motifs is 2. The number of carbonyl (C=O) groups excluding carboxylic acids is 3. The molecule has 1 fully saturated rings. The third kappa shape index (κ3) is 5.94. The molecular formula is C26H28N7O7S2+. The predicted molar refractivity (Wildman–Crippen MR) is 152 cm³/mol. The van der Waals surface area contributed by atoms with Gasteiger partial charge in [-0.3, -0.25) is 14.5 Å². The summed E-state index contributed by atoms with van der Waals surface area (Å²) in [6, 6.07) is 4.66. The highest BCUT2D eigenvalue weighted by Gasteiger charge is 2.54. The van der Waals surface area contributed by atoms with Gasteiger partial charge in [-0.05, 0) is 26.8 Å². The van der Waals surface area contributed by atoms with E-state index in [0.717, 1.165) is 17.0 Å². The Labute approximate surface area is 247 Å². The monoisotopic (exact) mass is 614 g/mol. The summed E-state index contributed by atoms with van der Waals surface area (Å²) < 4.78 is 8.99. The summed E-state index contributed by atoms with van der Waals surface area (Å²) in [5.41, 5.74) is 6.11. The van der Waals surface area contributed by atoms with Crippen LogP contribution in [0, 0.1) is 0 Å². The number of nitrogen functional groups attached to an aromatic ring is 1. The van der Waals surface area contributed by atoms with Crippen LogP contribution in [0.5, 0.6) is 0 Å². The number of thiazole rings is 1. The number of oxime groups is 1. The molecule has 3 aromatic rings. The van der Waals surface area contributed by atoms with Crippen molar-refractivity contribution in [2.75, 3.05) is 18.1 Å². The average molecular weight is 615 g/mol. The maximum Gasteiger partial charge on any atom is 0.352 e. The third-order valence-electron chi connectivity index (χ3n) is 6.20. The molecule has 2 aliphatic heterocycles. The van der Waals surface area contributed by atoms with Crippen LogP contribution < -0.4 is 15.6 Å². The van der Waals surface area contributed by atoms with E-state index in [1.165, 1.54) is 22.0 Å². The van der Waals surface area contributed by atoms with E-state index in [1.54, 1.807) is 20.8 Å². The molecule has 14 nitrogen and oxygen atoms in total. The van der Waals surface area contributed by atoms with Crippen molar-refractivity contribution in [1.82, 2.24) is 19.6 Å². The number of aliphatic carboxylic acids is 1. The number of aromatic nitrogens is 3. The molecule has 4 N–H and O–H groups in total. The quantitative estimate of drug-likeness (QED) is 0.102. The fourth-order valence-corrected chi connectivity index (χ4v) is 6.40. The molecule has 2 aliphatic rings. The summed E-state index contributed by atoms with van der Waals surface area (Å²) in [5, 5.41) is 17.5. The molecule has 0 radical (unpaired) electrons. The number of hydrogen-bond acceptors (Lipinski definition) is 11. The Morgan fingerprint density at radius 2 is 2.07 bits per heavy atom. The number of amides is 2. The molecule has 0 aliphatic carbocycles. The van der Waals surface area contributed by atoms with E-state index < -0.39 is 47.4 Å². The van der Waals surface area contributed by atoms with Crippen LogP contribution in [-0.4, -0.2) is 78.2 Å². The largest absolute Gasteiger partial charge is 0.477 e. The fraction of sp³-hybridized carbons (Fsp3) is 0.346. The van der Waals surface area contributed by atoms with Crippen LogP contribution in [0.15, 0.2) is 58.6 Å². The van der Waals surface area contributed by atoms with Crippen LogP contribution in [0.3, 0.4) is 0 Å². The number of anilines is 1. The number of ether oxygens (including phenoxy) is 1. The highest BCUT2D eigenvalue weighted by Crippen LogP contribution is 2.40. The zero-order chi connectivity index (χ0) is 30.2. The summed E-state index contributed by atoms with van der Waals surface area (Å²) in [7, 11) is 0. The summed E-state index contributed by atoms with van der Waals surface area (Å²) in [6.07, 6.45) is 5.59. The molecule has 0 saturated carbocycles. The Kier molecular flexibility index (Phi) is 7.92. The van der Waals surface area contributed by atoms with Crippen molar-refractivity contribution in [1.29, 1.82) is 0 Å². The minimum atomic E-state index is -1.23. The Morgan fingerprint density at radius 1 is 1.29 bits per heavy atom. The average Bonchev–Trinajstić information content (AvgIpc) is 3.54. The van der Waals surface area contributed by atoms with E-state index in [0.29, 0.717) is 11.3 Å². The standard InChI is InChI=1S/C26H27N7O7S2/c1-26(2,3)40-17(34)11-39-30-18(15-13-42-25(27)28-15)21(35)29-19-22(36)33-20(24(37)38)14(12-41-23(19)33)10-32-9-8-31-7-5-4-6-16(31)32/h4-9,13,19,23H,10-12H2,1-3H3,(H3-,27,28,29,35,37,38)/p+1/b30-18-/t19-,23+/m1/s1. The lowest BCUT2D eigenvalue weighted by Gasteiger charge is -2.49. The van der Waals surface area contributed by atoms with Crippen LogP contribution in [0.2, 0.25) is 0 Å². The fourth-order valence-electron chi connectivity index (χ4n) is 4.52. The van der Waals surface area contributed by atoms with Crippen molar-refractivity contribution in [3.63, 3.8) is 0 Å². The molecular weight excluding hydrogens is 586 g/mol. The lowest BCUT2D eigenvalue weighted by molar-refractivity contribution is -0.662. The second kappa shape index (κ2) is 11.4. The number of nitrogens with one attached hydrogen (secondary N) is 1. The number of thioether (sulfide) groups is 1. The summed E-state index contributed by atoms with van der Waals surface area (Å²) >= 11 is 2.41. The smallest absolute Gasteiger partial charge is 0.352 e. The molecule has 1 saturated heterocycles. The Hall–Kier alpha value is -4.44. The lowest BCUT2D eigenvalue weighted by Crippen LogP contribution is -2.71. The number of hydrogen-bond donors (Lipinski definition) is 3. The Balaban J connectivity index is 1.32. The first-order valence-electron chi connectivity index (χ1n) is 12.7. The molecule has 5 rings (SSSR count). The van der Waals surface area contributed by atoms with Gasteiger partial charge in [0.2, 0.25) is 6.61 Å². The number of nitrogens with two attached hydrogens (primary N) is 1. The van der Waals surface area contributed by atoms with Gasteiger partial charge in [-0.25, -0.2) is 23.5 Å². The number of carbonyl (C=O) groups is 4. The van der Waals surface area contributed by atoms with Crippen molar-refractivity contribution in [3.8, 4) is 0 Å². The maximum absolute atomic E-state index is 13.3.